The van der Waals surface area contributed by atoms with Gasteiger partial charge in [-0.2, -0.15) is 0 Å². The quantitative estimate of drug-likeness (QED) is 0.279. The van der Waals surface area contributed by atoms with Crippen LogP contribution in [-0.2, 0) is 4.79 Å². The van der Waals surface area contributed by atoms with Gasteiger partial charge in [0.05, 0.1) is 0 Å². The van der Waals surface area contributed by atoms with E-state index in [1.165, 1.54) is 11.6 Å². The maximum atomic E-state index is 12.4. The van der Waals surface area contributed by atoms with Gasteiger partial charge in [0.15, 0.2) is 5.78 Å². The van der Waals surface area contributed by atoms with E-state index in [1.807, 2.05) is 50.2 Å². The van der Waals surface area contributed by atoms with Crippen LogP contribution in [0.15, 0.2) is 48.1 Å². The van der Waals surface area contributed by atoms with Crippen molar-refractivity contribution >= 4 is 17.4 Å². The van der Waals surface area contributed by atoms with Crippen molar-refractivity contribution in [1.82, 2.24) is 5.48 Å². The maximum Gasteiger partial charge on any atom is 0.267 e. The topological polar surface area (TPSA) is 69.6 Å². The lowest BCUT2D eigenvalue weighted by Gasteiger charge is -2.13. The van der Waals surface area contributed by atoms with Gasteiger partial charge in [-0.15, -0.1) is 0 Å². The van der Waals surface area contributed by atoms with E-state index in [-0.39, 0.29) is 11.7 Å². The highest BCUT2D eigenvalue weighted by atomic mass is 16.5. The minimum absolute atomic E-state index is 0.0182. The van der Waals surface area contributed by atoms with Crippen LogP contribution in [-0.4, -0.2) is 31.0 Å². The van der Waals surface area contributed by atoms with E-state index < -0.39 is 5.91 Å². The third-order valence-corrected chi connectivity index (χ3v) is 3.20. The van der Waals surface area contributed by atoms with Crippen molar-refractivity contribution in [1.29, 1.82) is 0 Å². The first-order valence-corrected chi connectivity index (χ1v) is 6.97. The standard InChI is InChI=1S/C17H22N2O3/c1-12(5-10-16(20)18-22)11-13(2)17(21)14-6-8-15(9-7-14)19(3)4/h5-11,13,22H,1-4H3,(H,18,20)/b10-5-,12-11-/t13-/m1/s1. The number of amides is 1. The number of hydrogen-bond acceptors (Lipinski definition) is 4. The third-order valence-electron chi connectivity index (χ3n) is 3.20. The maximum absolute atomic E-state index is 12.4. The molecule has 1 rings (SSSR count). The molecular weight excluding hydrogens is 280 g/mol. The van der Waals surface area contributed by atoms with Crippen molar-refractivity contribution in [3.05, 3.63) is 53.6 Å². The van der Waals surface area contributed by atoms with Gasteiger partial charge in [-0.25, -0.2) is 5.48 Å². The van der Waals surface area contributed by atoms with Gasteiger partial charge < -0.3 is 4.90 Å². The fourth-order valence-corrected chi connectivity index (χ4v) is 1.96. The molecule has 0 aliphatic heterocycles. The zero-order valence-electron chi connectivity index (χ0n) is 13.3. The second kappa shape index (κ2) is 8.14. The largest absolute Gasteiger partial charge is 0.378 e. The second-order valence-electron chi connectivity index (χ2n) is 5.31. The lowest BCUT2D eigenvalue weighted by molar-refractivity contribution is -0.124. The number of Topliss-reactive ketones (excluding diaryl/α,β-unsaturated/α-hetero) is 1. The highest BCUT2D eigenvalue weighted by Gasteiger charge is 2.13. The second-order valence-corrected chi connectivity index (χ2v) is 5.31. The zero-order chi connectivity index (χ0) is 16.7. The summed E-state index contributed by atoms with van der Waals surface area (Å²) in [5.41, 5.74) is 3.97. The Labute approximate surface area is 130 Å². The molecule has 0 unspecified atom stereocenters. The highest BCUT2D eigenvalue weighted by Crippen LogP contribution is 2.17. The third kappa shape index (κ3) is 5.18. The molecule has 0 aromatic heterocycles. The van der Waals surface area contributed by atoms with Gasteiger partial charge in [-0.3, -0.25) is 14.8 Å². The monoisotopic (exact) mass is 302 g/mol. The molecule has 0 saturated carbocycles. The van der Waals surface area contributed by atoms with E-state index >= 15 is 0 Å². The summed E-state index contributed by atoms with van der Waals surface area (Å²) in [4.78, 5) is 25.2. The summed E-state index contributed by atoms with van der Waals surface area (Å²) < 4.78 is 0. The number of carbonyl (C=O) groups excluding carboxylic acids is 2. The Bertz CT molecular complexity index is 586. The van der Waals surface area contributed by atoms with Crippen LogP contribution in [0, 0.1) is 5.92 Å². The zero-order valence-corrected chi connectivity index (χ0v) is 13.3. The number of anilines is 1. The molecule has 22 heavy (non-hydrogen) atoms. The molecule has 2 N–H and O–H groups in total. The minimum Gasteiger partial charge on any atom is -0.378 e. The number of nitrogens with one attached hydrogen (secondary N) is 1. The van der Waals surface area contributed by atoms with Gasteiger partial charge in [-0.1, -0.05) is 24.6 Å². The summed E-state index contributed by atoms with van der Waals surface area (Å²) in [5, 5.41) is 8.40. The Morgan fingerprint density at radius 3 is 2.27 bits per heavy atom. The van der Waals surface area contributed by atoms with Crippen molar-refractivity contribution < 1.29 is 14.8 Å². The van der Waals surface area contributed by atoms with Crippen LogP contribution in [0.5, 0.6) is 0 Å². The number of allylic oxidation sites excluding steroid dienone is 3. The number of ketones is 1. The molecule has 0 aliphatic rings. The lowest BCUT2D eigenvalue weighted by Crippen LogP contribution is -2.15. The van der Waals surface area contributed by atoms with Crippen molar-refractivity contribution in [3.8, 4) is 0 Å². The van der Waals surface area contributed by atoms with Crippen LogP contribution >= 0.6 is 0 Å². The fourth-order valence-electron chi connectivity index (χ4n) is 1.96. The summed E-state index contributed by atoms with van der Waals surface area (Å²) in [6, 6.07) is 7.43. The molecule has 0 radical (unpaired) electrons. The van der Waals surface area contributed by atoms with E-state index in [4.69, 9.17) is 5.21 Å². The average molecular weight is 302 g/mol. The van der Waals surface area contributed by atoms with Crippen molar-refractivity contribution in [2.45, 2.75) is 13.8 Å². The predicted octanol–water partition coefficient (Wildman–Crippen LogP) is 2.58. The van der Waals surface area contributed by atoms with E-state index in [0.717, 1.165) is 11.3 Å². The van der Waals surface area contributed by atoms with Crippen LogP contribution < -0.4 is 10.4 Å². The van der Waals surface area contributed by atoms with Crippen LogP contribution in [0.3, 0.4) is 0 Å². The smallest absolute Gasteiger partial charge is 0.267 e. The Kier molecular flexibility index (Phi) is 6.53. The first-order chi connectivity index (χ1) is 10.3. The summed E-state index contributed by atoms with van der Waals surface area (Å²) in [7, 11) is 3.89. The van der Waals surface area contributed by atoms with Crippen molar-refractivity contribution in [2.24, 2.45) is 5.92 Å². The van der Waals surface area contributed by atoms with Gasteiger partial charge in [0.1, 0.15) is 0 Å². The van der Waals surface area contributed by atoms with Crippen molar-refractivity contribution in [3.63, 3.8) is 0 Å². The number of hydrogen-bond donors (Lipinski definition) is 2. The summed E-state index contributed by atoms with van der Waals surface area (Å²) >= 11 is 0. The van der Waals surface area contributed by atoms with Gasteiger partial charge in [-0.05, 0) is 31.2 Å². The van der Waals surface area contributed by atoms with Gasteiger partial charge in [0.25, 0.3) is 5.91 Å². The molecule has 0 aliphatic carbocycles. The summed E-state index contributed by atoms with van der Waals surface area (Å²) in [6.07, 6.45) is 4.53. The Hall–Kier alpha value is -2.40. The van der Waals surface area contributed by atoms with Crippen molar-refractivity contribution in [2.75, 3.05) is 19.0 Å². The van der Waals surface area contributed by atoms with Crippen LogP contribution in [0.1, 0.15) is 24.2 Å². The van der Waals surface area contributed by atoms with Gasteiger partial charge in [0.2, 0.25) is 0 Å². The van der Waals surface area contributed by atoms with E-state index in [9.17, 15) is 9.59 Å². The molecule has 1 aromatic rings. The molecular formula is C17H22N2O3. The molecule has 1 aromatic carbocycles. The summed E-state index contributed by atoms with van der Waals surface area (Å²) in [6.45, 7) is 3.60. The fraction of sp³-hybridized carbons (Fsp3) is 0.294. The molecule has 0 saturated heterocycles. The number of benzene rings is 1. The number of nitrogens with zero attached hydrogens (tertiary/aromatic N) is 1. The van der Waals surface area contributed by atoms with Gasteiger partial charge in [0, 0.05) is 37.3 Å². The van der Waals surface area contributed by atoms with Crippen LogP contribution in [0.25, 0.3) is 0 Å². The Morgan fingerprint density at radius 1 is 1.18 bits per heavy atom. The molecule has 0 bridgehead atoms. The molecule has 0 heterocycles. The summed E-state index contributed by atoms with van der Waals surface area (Å²) in [5.74, 6) is -0.886. The number of carbonyl (C=O) groups is 2. The van der Waals surface area contributed by atoms with Crippen LogP contribution in [0.4, 0.5) is 5.69 Å². The Balaban J connectivity index is 2.79. The molecule has 1 amide bonds. The molecule has 1 atom stereocenters. The average Bonchev–Trinajstić information content (AvgIpc) is 2.51. The number of rotatable bonds is 6. The molecule has 5 nitrogen and oxygen atoms in total. The molecule has 0 fully saturated rings. The van der Waals surface area contributed by atoms with Crippen LogP contribution in [0.2, 0.25) is 0 Å². The Morgan fingerprint density at radius 2 is 1.77 bits per heavy atom. The minimum atomic E-state index is -0.606. The van der Waals surface area contributed by atoms with E-state index in [2.05, 4.69) is 0 Å². The van der Waals surface area contributed by atoms with Gasteiger partial charge >= 0.3 is 0 Å². The van der Waals surface area contributed by atoms with E-state index in [0.29, 0.717) is 5.56 Å². The first kappa shape index (κ1) is 17.7. The SMILES string of the molecule is CC(/C=C\C(=O)NO)=C/[C@@H](C)C(=O)c1ccc(N(C)C)cc1. The highest BCUT2D eigenvalue weighted by molar-refractivity contribution is 5.99. The number of hydroxylamine groups is 1. The first-order valence-electron chi connectivity index (χ1n) is 6.97. The van der Waals surface area contributed by atoms with E-state index in [1.54, 1.807) is 19.1 Å². The lowest BCUT2D eigenvalue weighted by atomic mass is 9.97. The normalized spacial score (nSPS) is 13.0. The molecule has 5 heteroatoms. The molecule has 118 valence electrons. The molecule has 0 spiro atoms. The predicted molar refractivity (Wildman–Crippen MR) is 87.1 cm³/mol.